The molecule has 4 atom stereocenters. The van der Waals surface area contributed by atoms with Crippen LogP contribution in [0.5, 0.6) is 0 Å². The monoisotopic (exact) mass is 236 g/mol. The van der Waals surface area contributed by atoms with Gasteiger partial charge >= 0.3 is 0 Å². The molecule has 0 radical (unpaired) electrons. The molecule has 5 nitrogen and oxygen atoms in total. The van der Waals surface area contributed by atoms with Crippen LogP contribution in [0.4, 0.5) is 0 Å². The molecule has 3 fully saturated rings. The Bertz CT molecular complexity index is 414. The summed E-state index contributed by atoms with van der Waals surface area (Å²) in [4.78, 5) is 4.56. The van der Waals surface area contributed by atoms with Crippen LogP contribution in [0.3, 0.4) is 0 Å². The molecule has 0 unspecified atom stereocenters. The Morgan fingerprint density at radius 2 is 2.18 bits per heavy atom. The maximum atomic E-state index is 5.82. The Balaban J connectivity index is 1.54. The maximum Gasteiger partial charge on any atom is 0.232 e. The van der Waals surface area contributed by atoms with Crippen LogP contribution >= 0.6 is 0 Å². The van der Waals surface area contributed by atoms with Gasteiger partial charge in [-0.15, -0.1) is 0 Å². The van der Waals surface area contributed by atoms with E-state index in [2.05, 4.69) is 10.1 Å². The molecule has 17 heavy (non-hydrogen) atoms. The highest BCUT2D eigenvalue weighted by atomic mass is 16.5. The summed E-state index contributed by atoms with van der Waals surface area (Å²) in [7, 11) is 0. The van der Waals surface area contributed by atoms with Crippen molar-refractivity contribution in [2.24, 2.45) is 0 Å². The molecule has 3 saturated heterocycles. The van der Waals surface area contributed by atoms with E-state index in [0.717, 1.165) is 44.2 Å². The third-order valence-corrected chi connectivity index (χ3v) is 4.18. The molecular weight excluding hydrogens is 220 g/mol. The van der Waals surface area contributed by atoms with Crippen molar-refractivity contribution in [2.45, 2.75) is 49.7 Å². The van der Waals surface area contributed by atoms with Gasteiger partial charge in [-0.1, -0.05) is 5.16 Å². The number of hydrogen-bond donors (Lipinski definition) is 0. The van der Waals surface area contributed by atoms with E-state index >= 15 is 0 Å². The van der Waals surface area contributed by atoms with E-state index in [-0.39, 0.29) is 0 Å². The van der Waals surface area contributed by atoms with Crippen LogP contribution in [0.2, 0.25) is 0 Å². The lowest BCUT2D eigenvalue weighted by Crippen LogP contribution is -2.14. The van der Waals surface area contributed by atoms with Gasteiger partial charge in [0.2, 0.25) is 5.89 Å². The van der Waals surface area contributed by atoms with Gasteiger partial charge in [0.15, 0.2) is 5.82 Å². The van der Waals surface area contributed by atoms with Crippen molar-refractivity contribution in [1.29, 1.82) is 0 Å². The van der Waals surface area contributed by atoms with Gasteiger partial charge in [-0.05, 0) is 25.7 Å². The van der Waals surface area contributed by atoms with Crippen LogP contribution in [0.1, 0.15) is 49.2 Å². The maximum absolute atomic E-state index is 5.82. The molecule has 0 N–H and O–H groups in total. The van der Waals surface area contributed by atoms with Crippen LogP contribution in [0, 0.1) is 0 Å². The molecule has 5 heteroatoms. The number of ether oxygens (including phenoxy) is 2. The Hall–Kier alpha value is -0.940. The molecule has 4 heterocycles. The molecule has 0 saturated carbocycles. The molecule has 0 aliphatic carbocycles. The largest absolute Gasteiger partial charge is 0.381 e. The average Bonchev–Trinajstić information content (AvgIpc) is 3.12. The van der Waals surface area contributed by atoms with Crippen molar-refractivity contribution in [3.05, 3.63) is 11.7 Å². The Morgan fingerprint density at radius 1 is 1.18 bits per heavy atom. The zero-order chi connectivity index (χ0) is 11.2. The summed E-state index contributed by atoms with van der Waals surface area (Å²) in [5.41, 5.74) is 0. The Kier molecular flexibility index (Phi) is 2.23. The van der Waals surface area contributed by atoms with Crippen LogP contribution in [-0.2, 0) is 9.47 Å². The highest BCUT2D eigenvalue weighted by Gasteiger charge is 2.44. The van der Waals surface area contributed by atoms with E-state index in [1.807, 2.05) is 0 Å². The summed E-state index contributed by atoms with van der Waals surface area (Å²) in [5.74, 6) is 2.25. The van der Waals surface area contributed by atoms with E-state index in [1.165, 1.54) is 6.42 Å². The quantitative estimate of drug-likeness (QED) is 0.780. The first-order valence-corrected chi connectivity index (χ1v) is 6.47. The van der Waals surface area contributed by atoms with Crippen molar-refractivity contribution in [3.8, 4) is 0 Å². The molecule has 2 bridgehead atoms. The Labute approximate surface area is 99.5 Å². The molecule has 1 aromatic rings. The van der Waals surface area contributed by atoms with Crippen molar-refractivity contribution in [2.75, 3.05) is 13.2 Å². The summed E-state index contributed by atoms with van der Waals surface area (Å²) in [6.45, 7) is 1.54. The number of nitrogens with zero attached hydrogens (tertiary/aromatic N) is 2. The topological polar surface area (TPSA) is 57.4 Å². The predicted molar refractivity (Wildman–Crippen MR) is 57.7 cm³/mol. The second-order valence-electron chi connectivity index (χ2n) is 5.27. The summed E-state index contributed by atoms with van der Waals surface area (Å²) in [6, 6.07) is 0. The lowest BCUT2D eigenvalue weighted by molar-refractivity contribution is 0.0974. The standard InChI is InChI=1S/C12H16N2O3/c1-2-10-9(5-8(1)16-10)12-13-11(14-17-12)7-3-4-15-6-7/h7-10H,1-6H2/t7-,8+,9-,10+/m0/s1. The first-order chi connectivity index (χ1) is 8.40. The van der Waals surface area contributed by atoms with Crippen molar-refractivity contribution in [3.63, 3.8) is 0 Å². The number of hydrogen-bond acceptors (Lipinski definition) is 5. The zero-order valence-electron chi connectivity index (χ0n) is 9.67. The smallest absolute Gasteiger partial charge is 0.232 e. The fourth-order valence-corrected chi connectivity index (χ4v) is 3.20. The second kappa shape index (κ2) is 3.78. The molecule has 3 aliphatic rings. The summed E-state index contributed by atoms with van der Waals surface area (Å²) >= 11 is 0. The lowest BCUT2D eigenvalue weighted by Gasteiger charge is -2.13. The fraction of sp³-hybridized carbons (Fsp3) is 0.833. The van der Waals surface area contributed by atoms with Gasteiger partial charge in [-0.2, -0.15) is 4.98 Å². The van der Waals surface area contributed by atoms with Gasteiger partial charge in [-0.25, -0.2) is 0 Å². The molecule has 0 amide bonds. The summed E-state index contributed by atoms with van der Waals surface area (Å²) in [5, 5.41) is 4.10. The normalized spacial score (nSPS) is 40.2. The minimum absolute atomic E-state index is 0.313. The summed E-state index contributed by atoms with van der Waals surface area (Å²) in [6.07, 6.45) is 5.13. The first-order valence-electron chi connectivity index (χ1n) is 6.47. The third kappa shape index (κ3) is 1.60. The SMILES string of the molecule is C1C[C@H](c2noc([C@H]3C[C@H]4CC[C@H]3O4)n2)CO1. The lowest BCUT2D eigenvalue weighted by atomic mass is 9.89. The predicted octanol–water partition coefficient (Wildman–Crippen LogP) is 1.61. The molecule has 4 rings (SSSR count). The fourth-order valence-electron chi connectivity index (χ4n) is 3.20. The first kappa shape index (κ1) is 10.0. The number of rotatable bonds is 2. The number of aromatic nitrogens is 2. The minimum atomic E-state index is 0.313. The van der Waals surface area contributed by atoms with Gasteiger partial charge in [0.1, 0.15) is 0 Å². The van der Waals surface area contributed by atoms with Crippen LogP contribution in [0.25, 0.3) is 0 Å². The molecule has 0 aromatic carbocycles. The van der Waals surface area contributed by atoms with E-state index in [0.29, 0.717) is 24.0 Å². The van der Waals surface area contributed by atoms with Crippen LogP contribution < -0.4 is 0 Å². The molecule has 3 aliphatic heterocycles. The van der Waals surface area contributed by atoms with Gasteiger partial charge in [0.05, 0.1) is 24.7 Å². The highest BCUT2D eigenvalue weighted by molar-refractivity contribution is 5.07. The van der Waals surface area contributed by atoms with E-state index in [9.17, 15) is 0 Å². The van der Waals surface area contributed by atoms with Crippen molar-refractivity contribution < 1.29 is 14.0 Å². The molecule has 92 valence electrons. The van der Waals surface area contributed by atoms with Gasteiger partial charge < -0.3 is 14.0 Å². The van der Waals surface area contributed by atoms with Crippen LogP contribution in [-0.4, -0.2) is 35.6 Å². The highest BCUT2D eigenvalue weighted by Crippen LogP contribution is 2.44. The van der Waals surface area contributed by atoms with E-state index < -0.39 is 0 Å². The Morgan fingerprint density at radius 3 is 2.88 bits per heavy atom. The van der Waals surface area contributed by atoms with Gasteiger partial charge in [0.25, 0.3) is 0 Å². The average molecular weight is 236 g/mol. The van der Waals surface area contributed by atoms with E-state index in [4.69, 9.17) is 14.0 Å². The van der Waals surface area contributed by atoms with Gasteiger partial charge in [-0.3, -0.25) is 0 Å². The van der Waals surface area contributed by atoms with Crippen LogP contribution in [0.15, 0.2) is 4.52 Å². The second-order valence-corrected chi connectivity index (χ2v) is 5.27. The molecular formula is C12H16N2O3. The molecule has 0 spiro atoms. The van der Waals surface area contributed by atoms with Crippen molar-refractivity contribution >= 4 is 0 Å². The summed E-state index contributed by atoms with van der Waals surface area (Å²) < 4.78 is 16.6. The van der Waals surface area contributed by atoms with Crippen molar-refractivity contribution in [1.82, 2.24) is 10.1 Å². The molecule has 1 aromatic heterocycles. The minimum Gasteiger partial charge on any atom is -0.381 e. The van der Waals surface area contributed by atoms with Gasteiger partial charge in [0, 0.05) is 12.5 Å². The zero-order valence-corrected chi connectivity index (χ0v) is 9.67. The van der Waals surface area contributed by atoms with E-state index in [1.54, 1.807) is 0 Å². The third-order valence-electron chi connectivity index (χ3n) is 4.18. The number of fused-ring (bicyclic) bond motifs is 2.